The minimum absolute atomic E-state index is 0.879. The zero-order valence-corrected chi connectivity index (χ0v) is 27.3. The molecule has 2 nitrogen and oxygen atoms in total. The van der Waals surface area contributed by atoms with Gasteiger partial charge in [-0.1, -0.05) is 121 Å². The van der Waals surface area contributed by atoms with Gasteiger partial charge in [0.05, 0.1) is 0 Å². The average Bonchev–Trinajstić information content (AvgIpc) is 3.55. The highest BCUT2D eigenvalue weighted by Gasteiger charge is 2.17. The summed E-state index contributed by atoms with van der Waals surface area (Å²) < 4.78 is 6.36. The maximum Gasteiger partial charge on any atom is 0.137 e. The third kappa shape index (κ3) is 4.89. The SMILES string of the molecule is c1cc(-c2ccc3ccccc3c2)cc(-c2ccc3ccc(N(c4ccc5ccccc5c4)c4ccc5c(c4)oc4ccccc45)cc3c2)c1. The van der Waals surface area contributed by atoms with Gasteiger partial charge >= 0.3 is 0 Å². The lowest BCUT2D eigenvalue weighted by molar-refractivity contribution is 0.669. The molecule has 0 fully saturated rings. The number of nitrogens with zero attached hydrogens (tertiary/aromatic N) is 1. The van der Waals surface area contributed by atoms with Gasteiger partial charge in [0.15, 0.2) is 0 Å². The Balaban J connectivity index is 1.09. The number of rotatable bonds is 5. The van der Waals surface area contributed by atoms with Gasteiger partial charge in [-0.05, 0) is 115 Å². The number of anilines is 3. The molecular weight excluding hydrogens is 607 g/mol. The average molecular weight is 638 g/mol. The van der Waals surface area contributed by atoms with Crippen LogP contribution >= 0.6 is 0 Å². The molecule has 234 valence electrons. The molecule has 1 heterocycles. The van der Waals surface area contributed by atoms with Crippen LogP contribution in [-0.2, 0) is 0 Å². The number of furan rings is 1. The lowest BCUT2D eigenvalue weighted by Crippen LogP contribution is -2.09. The van der Waals surface area contributed by atoms with Crippen LogP contribution in [0.3, 0.4) is 0 Å². The topological polar surface area (TPSA) is 16.4 Å². The maximum absolute atomic E-state index is 6.36. The van der Waals surface area contributed by atoms with E-state index in [9.17, 15) is 0 Å². The fourth-order valence-corrected chi connectivity index (χ4v) is 7.42. The second kappa shape index (κ2) is 11.5. The first-order valence-electron chi connectivity index (χ1n) is 17.1. The van der Waals surface area contributed by atoms with Crippen LogP contribution in [0.5, 0.6) is 0 Å². The molecule has 50 heavy (non-hydrogen) atoms. The Morgan fingerprint density at radius 1 is 0.280 bits per heavy atom. The molecule has 0 aliphatic rings. The van der Waals surface area contributed by atoms with Crippen LogP contribution in [0.4, 0.5) is 17.1 Å². The van der Waals surface area contributed by atoms with Crippen LogP contribution in [0, 0.1) is 0 Å². The van der Waals surface area contributed by atoms with Crippen molar-refractivity contribution in [1.29, 1.82) is 0 Å². The van der Waals surface area contributed by atoms with Gasteiger partial charge in [-0.3, -0.25) is 0 Å². The van der Waals surface area contributed by atoms with E-state index in [-0.39, 0.29) is 0 Å². The van der Waals surface area contributed by atoms with Crippen LogP contribution in [0.1, 0.15) is 0 Å². The summed E-state index contributed by atoms with van der Waals surface area (Å²) in [5, 5.41) is 9.58. The minimum Gasteiger partial charge on any atom is -0.456 e. The van der Waals surface area contributed by atoms with Crippen LogP contribution in [0.25, 0.3) is 76.5 Å². The van der Waals surface area contributed by atoms with Crippen molar-refractivity contribution in [1.82, 2.24) is 0 Å². The van der Waals surface area contributed by atoms with E-state index >= 15 is 0 Å². The highest BCUT2D eigenvalue weighted by atomic mass is 16.3. The second-order valence-corrected chi connectivity index (χ2v) is 13.0. The summed E-state index contributed by atoms with van der Waals surface area (Å²) in [6.07, 6.45) is 0. The maximum atomic E-state index is 6.36. The van der Waals surface area contributed by atoms with E-state index in [1.165, 1.54) is 54.6 Å². The molecule has 0 bridgehead atoms. The third-order valence-corrected chi connectivity index (χ3v) is 9.97. The summed E-state index contributed by atoms with van der Waals surface area (Å²) in [7, 11) is 0. The second-order valence-electron chi connectivity index (χ2n) is 13.0. The first-order valence-corrected chi connectivity index (χ1v) is 17.1. The first kappa shape index (κ1) is 28.4. The van der Waals surface area contributed by atoms with Crippen molar-refractivity contribution in [3.63, 3.8) is 0 Å². The zero-order valence-electron chi connectivity index (χ0n) is 27.3. The van der Waals surface area contributed by atoms with E-state index in [1.807, 2.05) is 12.1 Å². The van der Waals surface area contributed by atoms with Crippen LogP contribution in [0.2, 0.25) is 0 Å². The van der Waals surface area contributed by atoms with Gasteiger partial charge in [-0.2, -0.15) is 0 Å². The Bertz CT molecular complexity index is 2900. The Kier molecular flexibility index (Phi) is 6.53. The minimum atomic E-state index is 0.879. The molecule has 0 radical (unpaired) electrons. The van der Waals surface area contributed by atoms with Gasteiger partial charge in [0, 0.05) is 33.9 Å². The normalized spacial score (nSPS) is 11.6. The summed E-state index contributed by atoms with van der Waals surface area (Å²) in [5.74, 6) is 0. The van der Waals surface area contributed by atoms with Gasteiger partial charge in [-0.25, -0.2) is 0 Å². The highest BCUT2D eigenvalue weighted by Crippen LogP contribution is 2.41. The lowest BCUT2D eigenvalue weighted by Gasteiger charge is -2.26. The molecule has 0 atom stereocenters. The van der Waals surface area contributed by atoms with E-state index in [2.05, 4.69) is 181 Å². The van der Waals surface area contributed by atoms with Crippen molar-refractivity contribution in [2.75, 3.05) is 4.90 Å². The van der Waals surface area contributed by atoms with Gasteiger partial charge in [0.2, 0.25) is 0 Å². The quantitative estimate of drug-likeness (QED) is 0.187. The van der Waals surface area contributed by atoms with Gasteiger partial charge < -0.3 is 9.32 Å². The lowest BCUT2D eigenvalue weighted by atomic mass is 9.96. The Morgan fingerprint density at radius 2 is 0.760 bits per heavy atom. The number of benzene rings is 9. The molecule has 0 saturated carbocycles. The fourth-order valence-electron chi connectivity index (χ4n) is 7.42. The molecule has 0 spiro atoms. The largest absolute Gasteiger partial charge is 0.456 e. The van der Waals surface area contributed by atoms with Crippen LogP contribution in [0.15, 0.2) is 192 Å². The number of hydrogen-bond acceptors (Lipinski definition) is 2. The third-order valence-electron chi connectivity index (χ3n) is 9.97. The number of fused-ring (bicyclic) bond motifs is 6. The van der Waals surface area contributed by atoms with Crippen molar-refractivity contribution < 1.29 is 4.42 Å². The molecule has 10 rings (SSSR count). The molecule has 0 aliphatic heterocycles. The monoisotopic (exact) mass is 637 g/mol. The zero-order chi connectivity index (χ0) is 33.0. The molecule has 10 aromatic rings. The Labute approximate surface area is 290 Å². The van der Waals surface area contributed by atoms with E-state index < -0.39 is 0 Å². The standard InChI is InChI=1S/C48H31NO/c1-3-10-35-26-39(18-16-32(35)8-1)36-12-7-13-37(27-36)40-19-17-34-21-23-43(30-41(34)28-40)49(42-22-20-33-9-2-4-11-38(33)29-42)44-24-25-46-45-14-5-6-15-47(45)50-48(46)31-44/h1-31H. The number of hydrogen-bond donors (Lipinski definition) is 0. The highest BCUT2D eigenvalue weighted by molar-refractivity contribution is 6.06. The Morgan fingerprint density at radius 3 is 1.48 bits per heavy atom. The van der Waals surface area contributed by atoms with Crippen molar-refractivity contribution in [2.45, 2.75) is 0 Å². The van der Waals surface area contributed by atoms with Crippen molar-refractivity contribution in [3.05, 3.63) is 188 Å². The molecule has 0 N–H and O–H groups in total. The summed E-state index contributed by atoms with van der Waals surface area (Å²) in [6, 6.07) is 67.7. The van der Waals surface area contributed by atoms with Crippen molar-refractivity contribution in [3.8, 4) is 22.3 Å². The van der Waals surface area contributed by atoms with E-state index in [0.717, 1.165) is 39.0 Å². The summed E-state index contributed by atoms with van der Waals surface area (Å²) in [5.41, 5.74) is 9.84. The molecule has 0 unspecified atom stereocenters. The predicted molar refractivity (Wildman–Crippen MR) is 212 cm³/mol. The van der Waals surface area contributed by atoms with Gasteiger partial charge in [0.1, 0.15) is 11.2 Å². The van der Waals surface area contributed by atoms with E-state index in [1.54, 1.807) is 0 Å². The molecule has 0 aliphatic carbocycles. The van der Waals surface area contributed by atoms with Gasteiger partial charge in [0.25, 0.3) is 0 Å². The molecule has 2 heteroatoms. The molecular formula is C48H31NO. The Hall–Kier alpha value is -6.64. The van der Waals surface area contributed by atoms with Gasteiger partial charge in [-0.15, -0.1) is 0 Å². The smallest absolute Gasteiger partial charge is 0.137 e. The summed E-state index contributed by atoms with van der Waals surface area (Å²) in [6.45, 7) is 0. The van der Waals surface area contributed by atoms with E-state index in [0.29, 0.717) is 0 Å². The van der Waals surface area contributed by atoms with Crippen LogP contribution < -0.4 is 4.90 Å². The molecule has 0 amide bonds. The summed E-state index contributed by atoms with van der Waals surface area (Å²) >= 11 is 0. The first-order chi connectivity index (χ1) is 24.7. The predicted octanol–water partition coefficient (Wildman–Crippen LogP) is 13.8. The van der Waals surface area contributed by atoms with Crippen LogP contribution in [-0.4, -0.2) is 0 Å². The molecule has 9 aromatic carbocycles. The van der Waals surface area contributed by atoms with E-state index in [4.69, 9.17) is 4.42 Å². The van der Waals surface area contributed by atoms with Crippen molar-refractivity contribution >= 4 is 71.3 Å². The number of para-hydroxylation sites is 1. The summed E-state index contributed by atoms with van der Waals surface area (Å²) in [4.78, 5) is 2.34. The fraction of sp³-hybridized carbons (Fsp3) is 0. The molecule has 0 saturated heterocycles. The van der Waals surface area contributed by atoms with Crippen molar-refractivity contribution in [2.24, 2.45) is 0 Å². The molecule has 1 aromatic heterocycles.